The van der Waals surface area contributed by atoms with Crippen molar-refractivity contribution in [3.8, 4) is 5.75 Å². The number of amides is 1. The molecule has 0 aliphatic rings. The number of carbonyl (C=O) groups is 1. The molecule has 29 heavy (non-hydrogen) atoms. The van der Waals surface area contributed by atoms with Gasteiger partial charge in [-0.3, -0.25) is 4.79 Å². The molecule has 0 saturated carbocycles. The molecule has 1 amide bonds. The van der Waals surface area contributed by atoms with Gasteiger partial charge in [0.2, 0.25) is 0 Å². The van der Waals surface area contributed by atoms with Crippen molar-refractivity contribution in [3.63, 3.8) is 0 Å². The zero-order valence-corrected chi connectivity index (χ0v) is 15.8. The predicted octanol–water partition coefficient (Wildman–Crippen LogP) is 4.97. The highest BCUT2D eigenvalue weighted by Gasteiger charge is 2.34. The standard InChI is InChI=1S/C18H11ClF3NO5S/c19-15-8-7-13(10-14(15)18(20,21)22)29(25,26)28-12-5-3-11(4-6-12)23-17(24)16-2-1-9-27-16/h1-10H,(H,23,24). The van der Waals surface area contributed by atoms with Crippen molar-refractivity contribution in [2.45, 2.75) is 11.1 Å². The van der Waals surface area contributed by atoms with E-state index in [0.717, 1.165) is 12.1 Å². The fourth-order valence-electron chi connectivity index (χ4n) is 2.25. The maximum atomic E-state index is 12.9. The van der Waals surface area contributed by atoms with Crippen molar-refractivity contribution in [2.24, 2.45) is 0 Å². The van der Waals surface area contributed by atoms with Crippen LogP contribution >= 0.6 is 11.6 Å². The molecule has 0 unspecified atom stereocenters. The Bertz CT molecular complexity index is 1130. The summed E-state index contributed by atoms with van der Waals surface area (Å²) in [5.74, 6) is -0.599. The molecule has 3 rings (SSSR count). The Hall–Kier alpha value is -2.98. The first-order valence-corrected chi connectivity index (χ1v) is 9.61. The summed E-state index contributed by atoms with van der Waals surface area (Å²) in [6.45, 7) is 0. The average molecular weight is 446 g/mol. The summed E-state index contributed by atoms with van der Waals surface area (Å²) in [6, 6.07) is 10.3. The molecule has 1 aromatic heterocycles. The van der Waals surface area contributed by atoms with Gasteiger partial charge in [-0.1, -0.05) is 11.6 Å². The zero-order chi connectivity index (χ0) is 21.2. The Morgan fingerprint density at radius 3 is 2.34 bits per heavy atom. The number of furan rings is 1. The number of benzene rings is 2. The van der Waals surface area contributed by atoms with E-state index in [1.54, 1.807) is 0 Å². The molecule has 0 aliphatic heterocycles. The molecule has 0 aliphatic carbocycles. The van der Waals surface area contributed by atoms with E-state index in [1.807, 2.05) is 0 Å². The van der Waals surface area contributed by atoms with Crippen LogP contribution in [0.4, 0.5) is 18.9 Å². The number of carbonyl (C=O) groups excluding carboxylic acids is 1. The van der Waals surface area contributed by atoms with Crippen LogP contribution in [0.25, 0.3) is 0 Å². The molecule has 11 heteroatoms. The number of hydrogen-bond donors (Lipinski definition) is 1. The third kappa shape index (κ3) is 4.90. The van der Waals surface area contributed by atoms with E-state index < -0.39 is 37.7 Å². The lowest BCUT2D eigenvalue weighted by molar-refractivity contribution is -0.137. The van der Waals surface area contributed by atoms with Gasteiger partial charge >= 0.3 is 16.3 Å². The summed E-state index contributed by atoms with van der Waals surface area (Å²) in [5, 5.41) is 1.89. The maximum Gasteiger partial charge on any atom is 0.417 e. The summed E-state index contributed by atoms with van der Waals surface area (Å²) >= 11 is 5.49. The highest BCUT2D eigenvalue weighted by molar-refractivity contribution is 7.87. The second-order valence-corrected chi connectivity index (χ2v) is 7.59. The van der Waals surface area contributed by atoms with Gasteiger partial charge in [0.05, 0.1) is 16.8 Å². The molecular weight excluding hydrogens is 435 g/mol. The van der Waals surface area contributed by atoms with Gasteiger partial charge in [-0.2, -0.15) is 21.6 Å². The van der Waals surface area contributed by atoms with Gasteiger partial charge in [0.1, 0.15) is 10.6 Å². The number of alkyl halides is 3. The molecule has 2 aromatic carbocycles. The van der Waals surface area contributed by atoms with E-state index in [1.165, 1.54) is 42.7 Å². The molecule has 152 valence electrons. The lowest BCUT2D eigenvalue weighted by Gasteiger charge is -2.12. The normalized spacial score (nSPS) is 11.9. The Morgan fingerprint density at radius 1 is 1.07 bits per heavy atom. The van der Waals surface area contributed by atoms with Gasteiger partial charge in [-0.25, -0.2) is 0 Å². The van der Waals surface area contributed by atoms with Crippen molar-refractivity contribution in [1.82, 2.24) is 0 Å². The first-order chi connectivity index (χ1) is 13.6. The minimum absolute atomic E-state index is 0.0797. The van der Waals surface area contributed by atoms with E-state index in [9.17, 15) is 26.4 Å². The fourth-order valence-corrected chi connectivity index (χ4v) is 3.43. The quantitative estimate of drug-likeness (QED) is 0.560. The highest BCUT2D eigenvalue weighted by atomic mass is 35.5. The van der Waals surface area contributed by atoms with Crippen LogP contribution in [-0.2, 0) is 16.3 Å². The number of rotatable bonds is 5. The SMILES string of the molecule is O=C(Nc1ccc(OS(=O)(=O)c2ccc(Cl)c(C(F)(F)F)c2)cc1)c1ccco1. The Morgan fingerprint density at radius 2 is 1.76 bits per heavy atom. The number of halogens is 4. The molecule has 1 heterocycles. The van der Waals surface area contributed by atoms with Gasteiger partial charge in [0, 0.05) is 5.69 Å². The third-order valence-electron chi connectivity index (χ3n) is 3.59. The fraction of sp³-hybridized carbons (Fsp3) is 0.0556. The molecule has 0 fully saturated rings. The van der Waals surface area contributed by atoms with Crippen LogP contribution in [0.2, 0.25) is 5.02 Å². The second kappa shape index (κ2) is 7.80. The first kappa shape index (κ1) is 20.7. The van der Waals surface area contributed by atoms with Crippen molar-refractivity contribution < 1.29 is 35.0 Å². The van der Waals surface area contributed by atoms with E-state index in [0.29, 0.717) is 11.8 Å². The van der Waals surface area contributed by atoms with Gasteiger partial charge in [0.15, 0.2) is 5.76 Å². The minimum atomic E-state index is -4.82. The zero-order valence-electron chi connectivity index (χ0n) is 14.2. The monoisotopic (exact) mass is 445 g/mol. The smallest absolute Gasteiger partial charge is 0.417 e. The molecule has 3 aromatic rings. The van der Waals surface area contributed by atoms with Crippen molar-refractivity contribution >= 4 is 33.3 Å². The van der Waals surface area contributed by atoms with E-state index in [4.69, 9.17) is 20.2 Å². The van der Waals surface area contributed by atoms with Crippen LogP contribution in [0.5, 0.6) is 5.75 Å². The Balaban J connectivity index is 1.76. The lowest BCUT2D eigenvalue weighted by atomic mass is 10.2. The third-order valence-corrected chi connectivity index (χ3v) is 5.17. The molecule has 6 nitrogen and oxygen atoms in total. The van der Waals surface area contributed by atoms with E-state index in [-0.39, 0.29) is 11.5 Å². The summed E-state index contributed by atoms with van der Waals surface area (Å²) < 4.78 is 73.2. The van der Waals surface area contributed by atoms with Gasteiger partial charge < -0.3 is 13.9 Å². The predicted molar refractivity (Wildman–Crippen MR) is 97.4 cm³/mol. The molecule has 0 spiro atoms. The number of anilines is 1. The van der Waals surface area contributed by atoms with Gasteiger partial charge in [0.25, 0.3) is 5.91 Å². The first-order valence-electron chi connectivity index (χ1n) is 7.82. The molecule has 0 radical (unpaired) electrons. The Labute approximate surface area is 168 Å². The van der Waals surface area contributed by atoms with Crippen molar-refractivity contribution in [1.29, 1.82) is 0 Å². The van der Waals surface area contributed by atoms with Crippen molar-refractivity contribution in [2.75, 3.05) is 5.32 Å². The van der Waals surface area contributed by atoms with E-state index in [2.05, 4.69) is 5.32 Å². The average Bonchev–Trinajstić information content (AvgIpc) is 3.17. The van der Waals surface area contributed by atoms with E-state index >= 15 is 0 Å². The highest BCUT2D eigenvalue weighted by Crippen LogP contribution is 2.36. The summed E-state index contributed by atoms with van der Waals surface area (Å²) in [4.78, 5) is 11.2. The van der Waals surface area contributed by atoms with Crippen LogP contribution < -0.4 is 9.50 Å². The maximum absolute atomic E-state index is 12.9. The number of nitrogens with one attached hydrogen (secondary N) is 1. The van der Waals surface area contributed by atoms with Crippen LogP contribution in [0, 0.1) is 0 Å². The lowest BCUT2D eigenvalue weighted by Crippen LogP contribution is -2.13. The topological polar surface area (TPSA) is 85.6 Å². The summed E-state index contributed by atoms with van der Waals surface area (Å²) in [7, 11) is -4.55. The molecule has 0 atom stereocenters. The van der Waals surface area contributed by atoms with Crippen LogP contribution in [0.3, 0.4) is 0 Å². The summed E-state index contributed by atoms with van der Waals surface area (Å²) in [5.41, 5.74) is -0.971. The molecule has 0 bridgehead atoms. The Kier molecular flexibility index (Phi) is 5.58. The second-order valence-electron chi connectivity index (χ2n) is 5.63. The van der Waals surface area contributed by atoms with Gasteiger partial charge in [-0.15, -0.1) is 0 Å². The molecule has 1 N–H and O–H groups in total. The van der Waals surface area contributed by atoms with Crippen LogP contribution in [0.1, 0.15) is 16.1 Å². The van der Waals surface area contributed by atoms with Crippen molar-refractivity contribution in [3.05, 3.63) is 77.2 Å². The largest absolute Gasteiger partial charge is 0.459 e. The molecule has 0 saturated heterocycles. The van der Waals surface area contributed by atoms with Crippen LogP contribution in [-0.4, -0.2) is 14.3 Å². The number of hydrogen-bond acceptors (Lipinski definition) is 5. The minimum Gasteiger partial charge on any atom is -0.459 e. The molecular formula is C18H11ClF3NO5S. The van der Waals surface area contributed by atoms with Gasteiger partial charge in [-0.05, 0) is 54.6 Å². The van der Waals surface area contributed by atoms with Crippen LogP contribution in [0.15, 0.2) is 70.2 Å². The summed E-state index contributed by atoms with van der Waals surface area (Å²) in [6.07, 6.45) is -3.49.